The fourth-order valence-corrected chi connectivity index (χ4v) is 3.81. The van der Waals surface area contributed by atoms with Crippen molar-refractivity contribution in [3.63, 3.8) is 0 Å². The number of methoxy groups -OCH3 is 1. The largest absolute Gasteiger partial charge is 0.497 e. The molecule has 2 heterocycles. The third kappa shape index (κ3) is 2.63. The van der Waals surface area contributed by atoms with Crippen LogP contribution in [0.1, 0.15) is 17.5 Å². The number of nitrogens with zero attached hydrogens (tertiary/aromatic N) is 3. The summed E-state index contributed by atoms with van der Waals surface area (Å²) in [6.45, 7) is 0. The lowest BCUT2D eigenvalue weighted by Gasteiger charge is -2.08. The molecule has 0 saturated carbocycles. The molecular weight excluding hydrogens is 338 g/mol. The number of imidazole rings is 1. The van der Waals surface area contributed by atoms with E-state index in [4.69, 9.17) is 4.74 Å². The van der Waals surface area contributed by atoms with Crippen LogP contribution in [0.2, 0.25) is 0 Å². The third-order valence-corrected chi connectivity index (χ3v) is 5.24. The van der Waals surface area contributed by atoms with Crippen LogP contribution in [0, 0.1) is 0 Å². The van der Waals surface area contributed by atoms with E-state index < -0.39 is 0 Å². The summed E-state index contributed by atoms with van der Waals surface area (Å²) in [6.07, 6.45) is 8.97. The van der Waals surface area contributed by atoms with Crippen LogP contribution in [0.3, 0.4) is 0 Å². The SMILES string of the molecule is COc1cccc(-c2cn3ccn(-c4ccc5c(c4)CCC5)c(=O)c3n2)c1. The Kier molecular flexibility index (Phi) is 3.60. The van der Waals surface area contributed by atoms with E-state index in [-0.39, 0.29) is 5.56 Å². The summed E-state index contributed by atoms with van der Waals surface area (Å²) in [5, 5.41) is 0. The van der Waals surface area contributed by atoms with Gasteiger partial charge in [-0.05, 0) is 54.7 Å². The van der Waals surface area contributed by atoms with E-state index >= 15 is 0 Å². The minimum Gasteiger partial charge on any atom is -0.497 e. The van der Waals surface area contributed by atoms with Gasteiger partial charge in [0.1, 0.15) is 5.75 Å². The molecule has 0 saturated heterocycles. The van der Waals surface area contributed by atoms with Gasteiger partial charge in [0, 0.05) is 29.8 Å². The number of ether oxygens (including phenoxy) is 1. The smallest absolute Gasteiger partial charge is 0.298 e. The van der Waals surface area contributed by atoms with Gasteiger partial charge in [0.25, 0.3) is 5.56 Å². The Hall–Kier alpha value is -3.34. The quantitative estimate of drug-likeness (QED) is 0.562. The molecule has 0 aliphatic heterocycles. The fourth-order valence-electron chi connectivity index (χ4n) is 3.81. The Labute approximate surface area is 156 Å². The summed E-state index contributed by atoms with van der Waals surface area (Å²) >= 11 is 0. The molecule has 134 valence electrons. The standard InChI is InChI=1S/C22H19N3O2/c1-27-19-7-3-6-17(13-19)20-14-24-10-11-25(22(26)21(24)23-20)18-9-8-15-4-2-5-16(15)12-18/h3,6-14H,2,4-5H2,1H3. The fraction of sp³-hybridized carbons (Fsp3) is 0.182. The number of fused-ring (bicyclic) bond motifs is 2. The van der Waals surface area contributed by atoms with Crippen LogP contribution >= 0.6 is 0 Å². The van der Waals surface area contributed by atoms with Crippen LogP contribution < -0.4 is 10.3 Å². The molecule has 2 aromatic carbocycles. The minimum atomic E-state index is -0.121. The van der Waals surface area contributed by atoms with Crippen molar-refractivity contribution in [3.05, 3.63) is 82.5 Å². The average Bonchev–Trinajstić information content (AvgIpc) is 3.35. The van der Waals surface area contributed by atoms with Crippen molar-refractivity contribution in [1.82, 2.24) is 14.0 Å². The molecule has 0 unspecified atom stereocenters. The van der Waals surface area contributed by atoms with Crippen LogP contribution in [-0.4, -0.2) is 21.1 Å². The highest BCUT2D eigenvalue weighted by Crippen LogP contribution is 2.25. The lowest BCUT2D eigenvalue weighted by molar-refractivity contribution is 0.415. The van der Waals surface area contributed by atoms with Crippen LogP contribution in [0.5, 0.6) is 5.75 Å². The number of hydrogen-bond donors (Lipinski definition) is 0. The molecule has 27 heavy (non-hydrogen) atoms. The van der Waals surface area contributed by atoms with Gasteiger partial charge in [-0.1, -0.05) is 18.2 Å². The van der Waals surface area contributed by atoms with E-state index in [1.807, 2.05) is 48.9 Å². The summed E-state index contributed by atoms with van der Waals surface area (Å²) in [7, 11) is 1.64. The highest BCUT2D eigenvalue weighted by molar-refractivity contribution is 5.64. The minimum absolute atomic E-state index is 0.121. The van der Waals surface area contributed by atoms with Gasteiger partial charge < -0.3 is 9.14 Å². The van der Waals surface area contributed by atoms with Crippen molar-refractivity contribution < 1.29 is 4.74 Å². The first kappa shape index (κ1) is 15.9. The Morgan fingerprint density at radius 3 is 2.81 bits per heavy atom. The molecule has 4 aromatic rings. The molecule has 1 aliphatic carbocycles. The maximum atomic E-state index is 13.1. The normalized spacial score (nSPS) is 13.1. The highest BCUT2D eigenvalue weighted by Gasteiger charge is 2.14. The zero-order valence-electron chi connectivity index (χ0n) is 15.1. The molecule has 1 aliphatic rings. The van der Waals surface area contributed by atoms with Crippen LogP contribution in [-0.2, 0) is 12.8 Å². The van der Waals surface area contributed by atoms with E-state index in [1.165, 1.54) is 17.5 Å². The first-order valence-electron chi connectivity index (χ1n) is 9.10. The van der Waals surface area contributed by atoms with Gasteiger partial charge in [-0.15, -0.1) is 0 Å². The molecule has 5 nitrogen and oxygen atoms in total. The van der Waals surface area contributed by atoms with Crippen molar-refractivity contribution >= 4 is 5.65 Å². The zero-order valence-corrected chi connectivity index (χ0v) is 15.1. The highest BCUT2D eigenvalue weighted by atomic mass is 16.5. The molecule has 0 atom stereocenters. The number of benzene rings is 2. The first-order valence-corrected chi connectivity index (χ1v) is 9.10. The van der Waals surface area contributed by atoms with Crippen LogP contribution in [0.25, 0.3) is 22.6 Å². The molecule has 0 spiro atoms. The second kappa shape index (κ2) is 6.13. The van der Waals surface area contributed by atoms with Crippen LogP contribution in [0.15, 0.2) is 65.8 Å². The summed E-state index contributed by atoms with van der Waals surface area (Å²) in [4.78, 5) is 17.6. The van der Waals surface area contributed by atoms with E-state index in [2.05, 4.69) is 17.1 Å². The summed E-state index contributed by atoms with van der Waals surface area (Å²) in [5.41, 5.74) is 5.60. The Balaban J connectivity index is 1.62. The van der Waals surface area contributed by atoms with Crippen LogP contribution in [0.4, 0.5) is 0 Å². The van der Waals surface area contributed by atoms with Crippen molar-refractivity contribution in [3.8, 4) is 22.7 Å². The molecule has 0 amide bonds. The van der Waals surface area contributed by atoms with Gasteiger partial charge >= 0.3 is 0 Å². The molecule has 0 N–H and O–H groups in total. The van der Waals surface area contributed by atoms with Gasteiger partial charge in [0.15, 0.2) is 0 Å². The van der Waals surface area contributed by atoms with E-state index in [9.17, 15) is 4.79 Å². The maximum Gasteiger partial charge on any atom is 0.298 e. The molecule has 0 radical (unpaired) electrons. The maximum absolute atomic E-state index is 13.1. The first-order chi connectivity index (χ1) is 13.2. The molecular formula is C22H19N3O2. The van der Waals surface area contributed by atoms with Gasteiger partial charge in [0.05, 0.1) is 12.8 Å². The Morgan fingerprint density at radius 2 is 1.93 bits per heavy atom. The van der Waals surface area contributed by atoms with Crippen molar-refractivity contribution in [2.75, 3.05) is 7.11 Å². The Morgan fingerprint density at radius 1 is 1.04 bits per heavy atom. The average molecular weight is 357 g/mol. The molecule has 5 rings (SSSR count). The van der Waals surface area contributed by atoms with Gasteiger partial charge in [-0.3, -0.25) is 9.36 Å². The summed E-state index contributed by atoms with van der Waals surface area (Å²) < 4.78 is 8.74. The van der Waals surface area contributed by atoms with Gasteiger partial charge in [-0.2, -0.15) is 0 Å². The summed E-state index contributed by atoms with van der Waals surface area (Å²) in [6, 6.07) is 14.0. The van der Waals surface area contributed by atoms with Crippen molar-refractivity contribution in [1.29, 1.82) is 0 Å². The number of aromatic nitrogens is 3. The number of hydrogen-bond acceptors (Lipinski definition) is 3. The zero-order chi connectivity index (χ0) is 18.4. The van der Waals surface area contributed by atoms with E-state index in [0.29, 0.717) is 5.65 Å². The predicted molar refractivity (Wildman–Crippen MR) is 105 cm³/mol. The third-order valence-electron chi connectivity index (χ3n) is 5.24. The molecule has 0 fully saturated rings. The van der Waals surface area contributed by atoms with E-state index in [0.717, 1.165) is 35.5 Å². The monoisotopic (exact) mass is 357 g/mol. The second-order valence-corrected chi connectivity index (χ2v) is 6.87. The van der Waals surface area contributed by atoms with Gasteiger partial charge in [0.2, 0.25) is 5.65 Å². The Bertz CT molecular complexity index is 1220. The lowest BCUT2D eigenvalue weighted by atomic mass is 10.1. The topological polar surface area (TPSA) is 48.5 Å². The molecule has 2 aromatic heterocycles. The lowest BCUT2D eigenvalue weighted by Crippen LogP contribution is -2.20. The second-order valence-electron chi connectivity index (χ2n) is 6.87. The molecule has 5 heteroatoms. The summed E-state index contributed by atoms with van der Waals surface area (Å²) in [5.74, 6) is 0.764. The van der Waals surface area contributed by atoms with Crippen molar-refractivity contribution in [2.24, 2.45) is 0 Å². The predicted octanol–water partition coefficient (Wildman–Crippen LogP) is 3.65. The van der Waals surface area contributed by atoms with Crippen molar-refractivity contribution in [2.45, 2.75) is 19.3 Å². The number of aryl methyl sites for hydroxylation is 2. The number of rotatable bonds is 3. The molecule has 0 bridgehead atoms. The van der Waals surface area contributed by atoms with E-state index in [1.54, 1.807) is 16.1 Å². The van der Waals surface area contributed by atoms with Gasteiger partial charge in [-0.25, -0.2) is 4.98 Å².